The lowest BCUT2D eigenvalue weighted by atomic mass is 10.1. The van der Waals surface area contributed by atoms with Gasteiger partial charge in [0.2, 0.25) is 11.9 Å². The SMILES string of the molecule is CCn1cc(-c2nc3c4cccc(OC)c4nc(N[C@@H]4CCCCNC4=O)n3n2)cn1. The van der Waals surface area contributed by atoms with Crippen LogP contribution in [0.1, 0.15) is 26.2 Å². The Morgan fingerprint density at radius 2 is 2.19 bits per heavy atom. The number of hydrogen-bond donors (Lipinski definition) is 2. The maximum Gasteiger partial charge on any atom is 0.242 e. The summed E-state index contributed by atoms with van der Waals surface area (Å²) in [6.45, 7) is 3.48. The van der Waals surface area contributed by atoms with Gasteiger partial charge in [0, 0.05) is 24.7 Å². The number of hydrogen-bond acceptors (Lipinski definition) is 7. The number of nitrogens with one attached hydrogen (secondary N) is 2. The van der Waals surface area contributed by atoms with E-state index in [-0.39, 0.29) is 11.9 Å². The van der Waals surface area contributed by atoms with Gasteiger partial charge in [-0.05, 0) is 38.3 Å². The van der Waals surface area contributed by atoms with Crippen LogP contribution >= 0.6 is 0 Å². The Morgan fingerprint density at radius 3 is 3.00 bits per heavy atom. The first kappa shape index (κ1) is 19.3. The zero-order valence-corrected chi connectivity index (χ0v) is 17.5. The Morgan fingerprint density at radius 1 is 1.29 bits per heavy atom. The third-order valence-corrected chi connectivity index (χ3v) is 5.54. The second-order valence-corrected chi connectivity index (χ2v) is 7.53. The van der Waals surface area contributed by atoms with E-state index in [0.29, 0.717) is 35.2 Å². The minimum Gasteiger partial charge on any atom is -0.494 e. The van der Waals surface area contributed by atoms with Crippen molar-refractivity contribution in [1.82, 2.24) is 34.7 Å². The van der Waals surface area contributed by atoms with Crippen LogP contribution in [-0.2, 0) is 11.3 Å². The molecule has 0 saturated carbocycles. The third-order valence-electron chi connectivity index (χ3n) is 5.54. The number of aromatic nitrogens is 6. The van der Waals surface area contributed by atoms with Crippen molar-refractivity contribution in [3.8, 4) is 17.1 Å². The minimum atomic E-state index is -0.388. The highest BCUT2D eigenvalue weighted by Crippen LogP contribution is 2.30. The molecule has 10 heteroatoms. The van der Waals surface area contributed by atoms with E-state index in [1.54, 1.807) is 17.8 Å². The molecule has 0 aliphatic carbocycles. The van der Waals surface area contributed by atoms with E-state index in [1.807, 2.05) is 36.0 Å². The highest BCUT2D eigenvalue weighted by Gasteiger charge is 2.24. The fraction of sp³-hybridized carbons (Fsp3) is 0.381. The number of fused-ring (bicyclic) bond motifs is 3. The van der Waals surface area contributed by atoms with Crippen molar-refractivity contribution in [3.05, 3.63) is 30.6 Å². The second-order valence-electron chi connectivity index (χ2n) is 7.53. The van der Waals surface area contributed by atoms with Crippen molar-refractivity contribution < 1.29 is 9.53 Å². The van der Waals surface area contributed by atoms with Crippen molar-refractivity contribution in [2.24, 2.45) is 0 Å². The van der Waals surface area contributed by atoms with Gasteiger partial charge < -0.3 is 15.4 Å². The first-order valence-electron chi connectivity index (χ1n) is 10.5. The van der Waals surface area contributed by atoms with E-state index >= 15 is 0 Å². The van der Waals surface area contributed by atoms with Crippen LogP contribution in [-0.4, -0.2) is 55.0 Å². The van der Waals surface area contributed by atoms with E-state index in [2.05, 4.69) is 15.7 Å². The highest BCUT2D eigenvalue weighted by molar-refractivity contribution is 5.96. The molecule has 1 aromatic carbocycles. The molecule has 0 unspecified atom stereocenters. The lowest BCUT2D eigenvalue weighted by Crippen LogP contribution is -2.38. The van der Waals surface area contributed by atoms with Crippen molar-refractivity contribution in [1.29, 1.82) is 0 Å². The zero-order chi connectivity index (χ0) is 21.4. The van der Waals surface area contributed by atoms with Gasteiger partial charge in [-0.15, -0.1) is 5.10 Å². The molecule has 5 rings (SSSR count). The average Bonchev–Trinajstić information content (AvgIpc) is 3.40. The molecule has 0 spiro atoms. The number of benzene rings is 1. The fourth-order valence-corrected chi connectivity index (χ4v) is 3.87. The number of nitrogens with zero attached hydrogens (tertiary/aromatic N) is 6. The Bertz CT molecular complexity index is 1260. The summed E-state index contributed by atoms with van der Waals surface area (Å²) >= 11 is 0. The first-order chi connectivity index (χ1) is 15.2. The molecule has 160 valence electrons. The smallest absolute Gasteiger partial charge is 0.242 e. The molecule has 0 radical (unpaired) electrons. The van der Waals surface area contributed by atoms with Crippen molar-refractivity contribution in [2.45, 2.75) is 38.8 Å². The van der Waals surface area contributed by atoms with Crippen LogP contribution in [0.3, 0.4) is 0 Å². The van der Waals surface area contributed by atoms with Gasteiger partial charge in [0.1, 0.15) is 17.3 Å². The van der Waals surface area contributed by atoms with Crippen LogP contribution in [0.15, 0.2) is 30.6 Å². The van der Waals surface area contributed by atoms with Gasteiger partial charge in [0.15, 0.2) is 11.5 Å². The van der Waals surface area contributed by atoms with Crippen LogP contribution in [0.2, 0.25) is 0 Å². The Labute approximate surface area is 178 Å². The van der Waals surface area contributed by atoms with Gasteiger partial charge in [-0.2, -0.15) is 9.61 Å². The Hall–Kier alpha value is -3.69. The molecule has 0 bridgehead atoms. The first-order valence-corrected chi connectivity index (χ1v) is 10.5. The normalized spacial score (nSPS) is 17.0. The number of anilines is 1. The summed E-state index contributed by atoms with van der Waals surface area (Å²) in [5, 5.41) is 16.1. The molecule has 4 heterocycles. The third kappa shape index (κ3) is 3.43. The lowest BCUT2D eigenvalue weighted by molar-refractivity contribution is -0.121. The van der Waals surface area contributed by atoms with Crippen LogP contribution in [0.5, 0.6) is 5.75 Å². The van der Waals surface area contributed by atoms with Crippen LogP contribution in [0.4, 0.5) is 5.95 Å². The topological polar surface area (TPSA) is 111 Å². The molecule has 31 heavy (non-hydrogen) atoms. The van der Waals surface area contributed by atoms with Crippen LogP contribution in [0, 0.1) is 0 Å². The summed E-state index contributed by atoms with van der Waals surface area (Å²) in [5.74, 6) is 1.61. The quantitative estimate of drug-likeness (QED) is 0.509. The van der Waals surface area contributed by atoms with Crippen molar-refractivity contribution >= 4 is 28.4 Å². The monoisotopic (exact) mass is 420 g/mol. The van der Waals surface area contributed by atoms with Crippen LogP contribution in [0.25, 0.3) is 27.9 Å². The van der Waals surface area contributed by atoms with E-state index in [1.165, 1.54) is 0 Å². The molecule has 2 N–H and O–H groups in total. The molecular weight excluding hydrogens is 396 g/mol. The molecular formula is C21H24N8O2. The zero-order valence-electron chi connectivity index (χ0n) is 17.5. The molecule has 1 fully saturated rings. The number of rotatable bonds is 5. The fourth-order valence-electron chi connectivity index (χ4n) is 3.87. The van der Waals surface area contributed by atoms with Crippen LogP contribution < -0.4 is 15.4 Å². The summed E-state index contributed by atoms with van der Waals surface area (Å²) in [5.41, 5.74) is 2.12. The lowest BCUT2D eigenvalue weighted by Gasteiger charge is -2.17. The van der Waals surface area contributed by atoms with Gasteiger partial charge in [-0.25, -0.2) is 9.97 Å². The minimum absolute atomic E-state index is 0.0304. The summed E-state index contributed by atoms with van der Waals surface area (Å²) in [4.78, 5) is 22.1. The van der Waals surface area contributed by atoms with E-state index in [4.69, 9.17) is 19.8 Å². The number of aryl methyl sites for hydroxylation is 1. The standard InChI is InChI=1S/C21H24N8O2/c1-3-28-12-13(11-23-28)18-26-19-14-7-6-9-16(31-2)17(14)25-21(29(19)27-18)24-15-8-4-5-10-22-20(15)30/h6-7,9,11-12,15H,3-5,8,10H2,1-2H3,(H,22,30)(H,24,25)/t15-/m1/s1. The predicted octanol–water partition coefficient (Wildman–Crippen LogP) is 2.25. The number of para-hydroxylation sites is 1. The van der Waals surface area contributed by atoms with Gasteiger partial charge in [0.05, 0.1) is 18.9 Å². The van der Waals surface area contributed by atoms with Gasteiger partial charge in [0.25, 0.3) is 0 Å². The summed E-state index contributed by atoms with van der Waals surface area (Å²) in [6.07, 6.45) is 6.31. The number of carbonyl (C=O) groups is 1. The maximum atomic E-state index is 12.5. The molecule has 1 aliphatic rings. The maximum absolute atomic E-state index is 12.5. The summed E-state index contributed by atoms with van der Waals surface area (Å²) in [7, 11) is 1.61. The predicted molar refractivity (Wildman–Crippen MR) is 116 cm³/mol. The molecule has 10 nitrogen and oxygen atoms in total. The number of methoxy groups -OCH3 is 1. The molecule has 1 amide bonds. The van der Waals surface area contributed by atoms with Gasteiger partial charge in [-0.3, -0.25) is 9.48 Å². The molecule has 1 atom stereocenters. The van der Waals surface area contributed by atoms with E-state index in [0.717, 1.165) is 36.8 Å². The highest BCUT2D eigenvalue weighted by atomic mass is 16.5. The molecule has 1 saturated heterocycles. The molecule has 3 aromatic heterocycles. The van der Waals surface area contributed by atoms with E-state index in [9.17, 15) is 4.79 Å². The number of carbonyl (C=O) groups excluding carboxylic acids is 1. The summed E-state index contributed by atoms with van der Waals surface area (Å²) in [6, 6.07) is 5.31. The number of ether oxygens (including phenoxy) is 1. The van der Waals surface area contributed by atoms with Gasteiger partial charge in [-0.1, -0.05) is 6.07 Å². The summed E-state index contributed by atoms with van der Waals surface area (Å²) < 4.78 is 9.03. The Balaban J connectivity index is 1.68. The van der Waals surface area contributed by atoms with Crippen molar-refractivity contribution in [2.75, 3.05) is 19.0 Å². The molecule has 4 aromatic rings. The second kappa shape index (κ2) is 7.86. The van der Waals surface area contributed by atoms with E-state index < -0.39 is 0 Å². The van der Waals surface area contributed by atoms with Crippen molar-refractivity contribution in [3.63, 3.8) is 0 Å². The average molecular weight is 420 g/mol. The molecule has 1 aliphatic heterocycles. The van der Waals surface area contributed by atoms with Gasteiger partial charge >= 0.3 is 0 Å². The Kier molecular flexibility index (Phi) is 4.89. The number of amides is 1. The largest absolute Gasteiger partial charge is 0.494 e.